The average Bonchev–Trinajstić information content (AvgIpc) is 2.92. The molecular weight excluding hydrogens is 324 g/mol. The Labute approximate surface area is 145 Å². The van der Waals surface area contributed by atoms with Gasteiger partial charge in [-0.3, -0.25) is 9.59 Å². The fourth-order valence-corrected chi connectivity index (χ4v) is 6.96. The van der Waals surface area contributed by atoms with E-state index in [9.17, 15) is 24.9 Å². The summed E-state index contributed by atoms with van der Waals surface area (Å²) >= 11 is 0. The van der Waals surface area contributed by atoms with E-state index in [2.05, 4.69) is 6.58 Å². The van der Waals surface area contributed by atoms with Crippen LogP contribution in [0.2, 0.25) is 0 Å². The number of carboxylic acid groups (broad SMARTS) is 1. The molecule has 8 atom stereocenters. The van der Waals surface area contributed by atoms with Crippen LogP contribution >= 0.6 is 0 Å². The summed E-state index contributed by atoms with van der Waals surface area (Å²) in [6, 6.07) is 0. The lowest BCUT2D eigenvalue weighted by Gasteiger charge is -2.56. The van der Waals surface area contributed by atoms with E-state index in [0.717, 1.165) is 6.42 Å². The molecule has 0 aromatic carbocycles. The zero-order valence-electron chi connectivity index (χ0n) is 14.1. The molecule has 6 heteroatoms. The minimum atomic E-state index is -1.26. The highest BCUT2D eigenvalue weighted by Gasteiger charge is 2.84. The lowest BCUT2D eigenvalue weighted by Crippen LogP contribution is -2.61. The van der Waals surface area contributed by atoms with E-state index in [4.69, 9.17) is 4.74 Å². The summed E-state index contributed by atoms with van der Waals surface area (Å²) in [6.07, 6.45) is 2.20. The lowest BCUT2D eigenvalue weighted by molar-refractivity contribution is -0.174. The van der Waals surface area contributed by atoms with Crippen LogP contribution in [-0.2, 0) is 14.3 Å². The molecular formula is C19H22O6. The highest BCUT2D eigenvalue weighted by molar-refractivity contribution is 5.87. The first-order chi connectivity index (χ1) is 11.7. The van der Waals surface area contributed by atoms with Crippen molar-refractivity contribution in [1.29, 1.82) is 0 Å². The van der Waals surface area contributed by atoms with Crippen molar-refractivity contribution in [2.75, 3.05) is 0 Å². The number of carbonyl (C=O) groups is 2. The first kappa shape index (κ1) is 15.6. The van der Waals surface area contributed by atoms with Crippen molar-refractivity contribution in [1.82, 2.24) is 0 Å². The first-order valence-electron chi connectivity index (χ1n) is 8.95. The number of rotatable bonds is 1. The third-order valence-corrected chi connectivity index (χ3v) is 8.07. The van der Waals surface area contributed by atoms with Gasteiger partial charge < -0.3 is 20.1 Å². The second kappa shape index (κ2) is 4.18. The van der Waals surface area contributed by atoms with Crippen LogP contribution in [0, 0.1) is 28.6 Å². The fraction of sp³-hybridized carbons (Fsp3) is 0.684. The summed E-state index contributed by atoms with van der Waals surface area (Å²) in [4.78, 5) is 25.0. The van der Waals surface area contributed by atoms with Gasteiger partial charge in [0.1, 0.15) is 5.60 Å². The van der Waals surface area contributed by atoms with Crippen molar-refractivity contribution in [3.63, 3.8) is 0 Å². The quantitative estimate of drug-likeness (QED) is 0.484. The molecule has 4 fully saturated rings. The molecule has 6 rings (SSSR count). The van der Waals surface area contributed by atoms with E-state index in [0.29, 0.717) is 30.4 Å². The number of allylic oxidation sites excluding steroid dienone is 1. The normalized spacial score (nSPS) is 55.5. The Morgan fingerprint density at radius 3 is 2.72 bits per heavy atom. The lowest BCUT2D eigenvalue weighted by atomic mass is 9.50. The summed E-state index contributed by atoms with van der Waals surface area (Å²) in [5.74, 6) is -3.16. The van der Waals surface area contributed by atoms with Gasteiger partial charge in [-0.25, -0.2) is 0 Å². The monoisotopic (exact) mass is 346 g/mol. The molecule has 0 aromatic rings. The molecule has 0 unspecified atom stereocenters. The number of aliphatic carboxylic acids is 1. The minimum absolute atomic E-state index is 0.0303. The molecule has 6 aliphatic rings. The standard InChI is InChI=1S/C19H22O6/c1-8-9-3-5-18(14(8)21)10(7-9)12(15(22)23)13-17(2)11(20)4-6-19(13,18)25-16(17)24/h7,9,11-14,20-21H,1,3-6H2,2H3,(H,22,23)/t9-,11+,12-,13-,14+,17-,18-,19+/m1/s1. The van der Waals surface area contributed by atoms with Crippen LogP contribution < -0.4 is 0 Å². The molecule has 1 saturated heterocycles. The molecule has 4 bridgehead atoms. The second-order valence-corrected chi connectivity index (χ2v) is 8.63. The number of ether oxygens (including phenoxy) is 1. The van der Waals surface area contributed by atoms with Gasteiger partial charge in [0.15, 0.2) is 0 Å². The number of carbonyl (C=O) groups excluding carboxylic acids is 1. The molecule has 3 N–H and O–H groups in total. The van der Waals surface area contributed by atoms with E-state index >= 15 is 0 Å². The topological polar surface area (TPSA) is 104 Å². The number of hydrogen-bond acceptors (Lipinski definition) is 5. The Morgan fingerprint density at radius 2 is 2.04 bits per heavy atom. The molecule has 1 heterocycles. The van der Waals surface area contributed by atoms with Crippen LogP contribution in [0.1, 0.15) is 32.6 Å². The molecule has 6 nitrogen and oxygen atoms in total. The van der Waals surface area contributed by atoms with E-state index in [1.807, 2.05) is 6.08 Å². The Bertz CT molecular complexity index is 770. The summed E-state index contributed by atoms with van der Waals surface area (Å²) in [6.45, 7) is 5.67. The molecule has 0 aromatic heterocycles. The number of esters is 1. The smallest absolute Gasteiger partial charge is 0.315 e. The summed E-state index contributed by atoms with van der Waals surface area (Å²) in [5.41, 5.74) is -1.87. The van der Waals surface area contributed by atoms with Gasteiger partial charge in [0.05, 0.1) is 29.0 Å². The highest BCUT2D eigenvalue weighted by Crippen LogP contribution is 2.77. The van der Waals surface area contributed by atoms with Gasteiger partial charge >= 0.3 is 11.9 Å². The van der Waals surface area contributed by atoms with E-state index in [1.165, 1.54) is 0 Å². The molecule has 134 valence electrons. The van der Waals surface area contributed by atoms with Crippen LogP contribution in [0.3, 0.4) is 0 Å². The van der Waals surface area contributed by atoms with Crippen molar-refractivity contribution in [3.05, 3.63) is 23.8 Å². The van der Waals surface area contributed by atoms with Crippen molar-refractivity contribution in [3.8, 4) is 0 Å². The van der Waals surface area contributed by atoms with Crippen molar-refractivity contribution in [2.24, 2.45) is 28.6 Å². The van der Waals surface area contributed by atoms with Gasteiger partial charge in [0.2, 0.25) is 0 Å². The highest BCUT2D eigenvalue weighted by atomic mass is 16.6. The van der Waals surface area contributed by atoms with Gasteiger partial charge in [0, 0.05) is 11.8 Å². The average molecular weight is 346 g/mol. The van der Waals surface area contributed by atoms with Gasteiger partial charge in [0.25, 0.3) is 0 Å². The predicted octanol–water partition coefficient (Wildman–Crippen LogP) is 1.03. The molecule has 0 amide bonds. The van der Waals surface area contributed by atoms with E-state index in [1.54, 1.807) is 6.92 Å². The minimum Gasteiger partial charge on any atom is -0.481 e. The molecule has 1 aliphatic heterocycles. The maximum Gasteiger partial charge on any atom is 0.315 e. The third-order valence-electron chi connectivity index (χ3n) is 8.07. The SMILES string of the molecule is C=C1[C@H]2C=C3[C@@H](C(=O)O)[C@@H]4[C@]5(C)C(=O)O[C@]4(CC[C@@H]5O)[C@@]3(CC2)[C@H]1O. The zero-order chi connectivity index (χ0) is 17.9. The predicted molar refractivity (Wildman–Crippen MR) is 85.2 cm³/mol. The van der Waals surface area contributed by atoms with Crippen molar-refractivity contribution in [2.45, 2.75) is 50.4 Å². The van der Waals surface area contributed by atoms with Crippen LogP contribution in [0.25, 0.3) is 0 Å². The van der Waals surface area contributed by atoms with Crippen LogP contribution in [-0.4, -0.2) is 45.1 Å². The van der Waals surface area contributed by atoms with Gasteiger partial charge in [-0.05, 0) is 43.8 Å². The zero-order valence-corrected chi connectivity index (χ0v) is 14.1. The van der Waals surface area contributed by atoms with E-state index in [-0.39, 0.29) is 5.92 Å². The third kappa shape index (κ3) is 1.30. The van der Waals surface area contributed by atoms with Crippen LogP contribution in [0.4, 0.5) is 0 Å². The summed E-state index contributed by atoms with van der Waals surface area (Å²) in [7, 11) is 0. The van der Waals surface area contributed by atoms with Gasteiger partial charge in [-0.2, -0.15) is 0 Å². The molecule has 3 saturated carbocycles. The van der Waals surface area contributed by atoms with E-state index < -0.39 is 52.4 Å². The Kier molecular flexibility index (Phi) is 2.60. The molecule has 0 radical (unpaired) electrons. The Balaban J connectivity index is 1.85. The van der Waals surface area contributed by atoms with Crippen LogP contribution in [0.5, 0.6) is 0 Å². The molecule has 5 aliphatic carbocycles. The maximum absolute atomic E-state index is 12.8. The van der Waals surface area contributed by atoms with Crippen molar-refractivity contribution < 1.29 is 29.6 Å². The van der Waals surface area contributed by atoms with Crippen molar-refractivity contribution >= 4 is 11.9 Å². The fourth-order valence-electron chi connectivity index (χ4n) is 6.96. The first-order valence-corrected chi connectivity index (χ1v) is 8.95. The number of aliphatic hydroxyl groups is 2. The molecule has 25 heavy (non-hydrogen) atoms. The van der Waals surface area contributed by atoms with Gasteiger partial charge in [-0.1, -0.05) is 12.7 Å². The number of hydrogen-bond donors (Lipinski definition) is 3. The number of carboxylic acids is 1. The van der Waals surface area contributed by atoms with Crippen LogP contribution in [0.15, 0.2) is 23.8 Å². The number of aliphatic hydroxyl groups excluding tert-OH is 2. The Hall–Kier alpha value is -1.66. The summed E-state index contributed by atoms with van der Waals surface area (Å²) < 4.78 is 5.95. The molecule has 1 spiro atoms. The largest absolute Gasteiger partial charge is 0.481 e. The second-order valence-electron chi connectivity index (χ2n) is 8.63. The Morgan fingerprint density at radius 1 is 1.32 bits per heavy atom. The number of fused-ring (bicyclic) bond motifs is 2. The maximum atomic E-state index is 12.8. The van der Waals surface area contributed by atoms with Gasteiger partial charge in [-0.15, -0.1) is 0 Å². The summed E-state index contributed by atoms with van der Waals surface area (Å²) in [5, 5.41) is 31.7.